The van der Waals surface area contributed by atoms with Gasteiger partial charge in [-0.3, -0.25) is 10.1 Å². The average Bonchev–Trinajstić information content (AvgIpc) is 3.18. The number of fused-ring (bicyclic) bond motifs is 1. The first-order valence-electron chi connectivity index (χ1n) is 8.19. The monoisotopic (exact) mass is 460 g/mol. The second-order valence-corrected chi connectivity index (χ2v) is 8.52. The first-order valence-corrected chi connectivity index (χ1v) is 10.2. The summed E-state index contributed by atoms with van der Waals surface area (Å²) in [5.74, 6) is -0.0984. The second kappa shape index (κ2) is 7.46. The highest BCUT2D eigenvalue weighted by atomic mass is 79.9. The van der Waals surface area contributed by atoms with Crippen LogP contribution < -0.4 is 5.32 Å². The first-order chi connectivity index (χ1) is 13.0. The molecule has 0 spiro atoms. The summed E-state index contributed by atoms with van der Waals surface area (Å²) in [6.07, 6.45) is 0.766. The average molecular weight is 462 g/mol. The number of rotatable bonds is 4. The summed E-state index contributed by atoms with van der Waals surface area (Å²) < 4.78 is 6.65. The number of benzene rings is 2. The van der Waals surface area contributed by atoms with Gasteiger partial charge in [0.05, 0.1) is 5.69 Å². The van der Waals surface area contributed by atoms with E-state index in [1.54, 1.807) is 24.3 Å². The quantitative estimate of drug-likeness (QED) is 0.379. The minimum Gasteiger partial charge on any atom is -0.451 e. The topological polar surface area (TPSA) is 55.1 Å². The molecule has 2 heterocycles. The minimum atomic E-state index is -0.329. The maximum atomic E-state index is 12.5. The Hall–Kier alpha value is -2.15. The van der Waals surface area contributed by atoms with Crippen molar-refractivity contribution in [1.29, 1.82) is 0 Å². The molecule has 0 saturated carbocycles. The number of aromatic nitrogens is 1. The third-order valence-electron chi connectivity index (χ3n) is 4.07. The van der Waals surface area contributed by atoms with Gasteiger partial charge in [-0.1, -0.05) is 39.7 Å². The molecule has 0 unspecified atom stereocenters. The van der Waals surface area contributed by atoms with Crippen molar-refractivity contribution in [3.63, 3.8) is 0 Å². The molecule has 0 aliphatic heterocycles. The van der Waals surface area contributed by atoms with Crippen molar-refractivity contribution < 1.29 is 9.21 Å². The van der Waals surface area contributed by atoms with Gasteiger partial charge >= 0.3 is 0 Å². The highest BCUT2D eigenvalue weighted by Crippen LogP contribution is 2.28. The zero-order valence-corrected chi connectivity index (χ0v) is 17.4. The molecule has 1 N–H and O–H groups in total. The van der Waals surface area contributed by atoms with Crippen molar-refractivity contribution in [2.45, 2.75) is 13.3 Å². The Balaban J connectivity index is 1.52. The van der Waals surface area contributed by atoms with Gasteiger partial charge in [-0.05, 0) is 48.9 Å². The lowest BCUT2D eigenvalue weighted by molar-refractivity contribution is 0.0998. The van der Waals surface area contributed by atoms with Crippen molar-refractivity contribution in [2.75, 3.05) is 5.32 Å². The van der Waals surface area contributed by atoms with E-state index in [2.05, 4.69) is 38.4 Å². The van der Waals surface area contributed by atoms with Gasteiger partial charge in [0, 0.05) is 26.2 Å². The molecular formula is C20H14BrClN2O2S. The fourth-order valence-electron chi connectivity index (χ4n) is 2.76. The first kappa shape index (κ1) is 18.2. The Morgan fingerprint density at radius 3 is 2.93 bits per heavy atom. The highest BCUT2D eigenvalue weighted by Gasteiger charge is 2.16. The van der Waals surface area contributed by atoms with Crippen LogP contribution >= 0.6 is 38.9 Å². The largest absolute Gasteiger partial charge is 0.451 e. The number of furan rings is 1. The number of nitrogens with zero attached hydrogens (tertiary/aromatic N) is 1. The maximum Gasteiger partial charge on any atom is 0.293 e. The van der Waals surface area contributed by atoms with Crippen LogP contribution in [0.5, 0.6) is 0 Å². The normalized spacial score (nSPS) is 11.1. The zero-order valence-electron chi connectivity index (χ0n) is 14.3. The molecule has 0 saturated heterocycles. The highest BCUT2D eigenvalue weighted by molar-refractivity contribution is 9.10. The molecule has 0 aliphatic carbocycles. The number of anilines is 1. The lowest BCUT2D eigenvalue weighted by Gasteiger charge is -2.00. The number of thiazole rings is 1. The van der Waals surface area contributed by atoms with Crippen molar-refractivity contribution in [3.8, 4) is 0 Å². The van der Waals surface area contributed by atoms with Gasteiger partial charge < -0.3 is 4.42 Å². The van der Waals surface area contributed by atoms with E-state index in [4.69, 9.17) is 16.0 Å². The van der Waals surface area contributed by atoms with Crippen LogP contribution in [0.25, 0.3) is 11.0 Å². The van der Waals surface area contributed by atoms with E-state index in [9.17, 15) is 4.79 Å². The number of halogens is 2. The van der Waals surface area contributed by atoms with E-state index < -0.39 is 0 Å². The number of amides is 1. The molecule has 2 aromatic carbocycles. The standard InChI is InChI=1S/C20H14BrClN2O2S/c1-11-18(8-12-3-2-4-14(21)7-12)27-20(23-11)24-19(25)17-10-13-9-15(22)5-6-16(13)26-17/h2-7,9-10H,8H2,1H3,(H,23,24,25). The Morgan fingerprint density at radius 2 is 2.11 bits per heavy atom. The number of carbonyl (C=O) groups is 1. The van der Waals surface area contributed by atoms with E-state index in [-0.39, 0.29) is 11.7 Å². The summed E-state index contributed by atoms with van der Waals surface area (Å²) in [4.78, 5) is 18.1. The van der Waals surface area contributed by atoms with Crippen LogP contribution in [0.1, 0.15) is 26.7 Å². The molecule has 4 rings (SSSR count). The fraction of sp³-hybridized carbons (Fsp3) is 0.100. The van der Waals surface area contributed by atoms with Gasteiger partial charge in [0.25, 0.3) is 5.91 Å². The van der Waals surface area contributed by atoms with Crippen molar-refractivity contribution in [2.24, 2.45) is 0 Å². The van der Waals surface area contributed by atoms with E-state index in [1.165, 1.54) is 16.9 Å². The number of aryl methyl sites for hydroxylation is 1. The number of hydrogen-bond donors (Lipinski definition) is 1. The summed E-state index contributed by atoms with van der Waals surface area (Å²) in [6.45, 7) is 1.95. The summed E-state index contributed by atoms with van der Waals surface area (Å²) in [6, 6.07) is 15.1. The summed E-state index contributed by atoms with van der Waals surface area (Å²) in [5, 5.41) is 4.77. The molecule has 0 atom stereocenters. The summed E-state index contributed by atoms with van der Waals surface area (Å²) in [7, 11) is 0. The van der Waals surface area contributed by atoms with Crippen LogP contribution in [0.2, 0.25) is 5.02 Å². The molecule has 0 aliphatic rings. The summed E-state index contributed by atoms with van der Waals surface area (Å²) in [5.41, 5.74) is 2.71. The molecular weight excluding hydrogens is 448 g/mol. The van der Waals surface area contributed by atoms with Gasteiger partial charge in [0.1, 0.15) is 5.58 Å². The van der Waals surface area contributed by atoms with E-state index >= 15 is 0 Å². The second-order valence-electron chi connectivity index (χ2n) is 6.08. The smallest absolute Gasteiger partial charge is 0.293 e. The lowest BCUT2D eigenvalue weighted by Crippen LogP contribution is -2.10. The number of carbonyl (C=O) groups excluding carboxylic acids is 1. The van der Waals surface area contributed by atoms with Crippen LogP contribution in [0.15, 0.2) is 57.4 Å². The van der Waals surface area contributed by atoms with Crippen LogP contribution in [0.3, 0.4) is 0 Å². The number of hydrogen-bond acceptors (Lipinski definition) is 4. The van der Waals surface area contributed by atoms with Gasteiger partial charge in [0.2, 0.25) is 0 Å². The van der Waals surface area contributed by atoms with Gasteiger partial charge in [-0.15, -0.1) is 11.3 Å². The van der Waals surface area contributed by atoms with Crippen molar-refractivity contribution in [3.05, 3.63) is 79.9 Å². The zero-order chi connectivity index (χ0) is 19.0. The van der Waals surface area contributed by atoms with Crippen LogP contribution in [-0.2, 0) is 6.42 Å². The molecule has 27 heavy (non-hydrogen) atoms. The Morgan fingerprint density at radius 1 is 1.26 bits per heavy atom. The molecule has 0 bridgehead atoms. The van der Waals surface area contributed by atoms with Gasteiger partial charge in [-0.2, -0.15) is 0 Å². The lowest BCUT2D eigenvalue weighted by atomic mass is 10.1. The van der Waals surface area contributed by atoms with Crippen molar-refractivity contribution in [1.82, 2.24) is 4.98 Å². The van der Waals surface area contributed by atoms with Crippen LogP contribution in [0, 0.1) is 6.92 Å². The molecule has 7 heteroatoms. The molecule has 1 amide bonds. The predicted molar refractivity (Wildman–Crippen MR) is 113 cm³/mol. The molecule has 4 nitrogen and oxygen atoms in total. The third-order valence-corrected chi connectivity index (χ3v) is 5.87. The maximum absolute atomic E-state index is 12.5. The van der Waals surface area contributed by atoms with Crippen LogP contribution in [0.4, 0.5) is 5.13 Å². The predicted octanol–water partition coefficient (Wildman–Crippen LogP) is 6.46. The molecule has 4 aromatic rings. The van der Waals surface area contributed by atoms with E-state index in [1.807, 2.05) is 19.1 Å². The number of nitrogens with one attached hydrogen (secondary N) is 1. The fourth-order valence-corrected chi connectivity index (χ4v) is 4.38. The Bertz CT molecular complexity index is 1150. The molecule has 0 radical (unpaired) electrons. The van der Waals surface area contributed by atoms with Crippen LogP contribution in [-0.4, -0.2) is 10.9 Å². The van der Waals surface area contributed by atoms with Crippen molar-refractivity contribution >= 4 is 60.9 Å². The molecule has 0 fully saturated rings. The van der Waals surface area contributed by atoms with E-state index in [0.717, 1.165) is 26.9 Å². The minimum absolute atomic E-state index is 0.230. The molecule has 136 valence electrons. The molecule has 2 aromatic heterocycles. The third kappa shape index (κ3) is 4.08. The Kier molecular flexibility index (Phi) is 5.04. The summed E-state index contributed by atoms with van der Waals surface area (Å²) >= 11 is 10.9. The van der Waals surface area contributed by atoms with E-state index in [0.29, 0.717) is 15.7 Å². The Labute approximate surface area is 173 Å². The van der Waals surface area contributed by atoms with Gasteiger partial charge in [0.15, 0.2) is 10.9 Å². The SMILES string of the molecule is Cc1nc(NC(=O)c2cc3cc(Cl)ccc3o2)sc1Cc1cccc(Br)c1. The van der Waals surface area contributed by atoms with Gasteiger partial charge in [-0.25, -0.2) is 4.98 Å².